The van der Waals surface area contributed by atoms with Crippen molar-refractivity contribution in [3.8, 4) is 0 Å². The van der Waals surface area contributed by atoms with Crippen molar-refractivity contribution in [3.05, 3.63) is 41.7 Å². The summed E-state index contributed by atoms with van der Waals surface area (Å²) >= 11 is 0. The molecule has 2 aromatic rings. The molecule has 5 heteroatoms. The number of hydrogen-bond acceptors (Lipinski definition) is 3. The van der Waals surface area contributed by atoms with Gasteiger partial charge in [0.15, 0.2) is 0 Å². The molecule has 0 spiro atoms. The normalized spacial score (nSPS) is 10.7. The van der Waals surface area contributed by atoms with Crippen molar-refractivity contribution in [1.29, 1.82) is 0 Å². The lowest BCUT2D eigenvalue weighted by Gasteiger charge is -2.14. The number of nitrogens with one attached hydrogen (secondary N) is 2. The molecule has 0 radical (unpaired) electrons. The van der Waals surface area contributed by atoms with Crippen molar-refractivity contribution in [2.45, 2.75) is 33.2 Å². The van der Waals surface area contributed by atoms with E-state index in [0.717, 1.165) is 23.5 Å². The first-order valence-electron chi connectivity index (χ1n) is 7.20. The minimum absolute atomic E-state index is 0.124. The number of anilines is 2. The van der Waals surface area contributed by atoms with Crippen LogP contribution in [0.25, 0.3) is 0 Å². The molecule has 1 aromatic carbocycles. The maximum Gasteiger partial charge on any atom is 0.257 e. The second-order valence-electron chi connectivity index (χ2n) is 5.32. The fourth-order valence-electron chi connectivity index (χ4n) is 2.21. The summed E-state index contributed by atoms with van der Waals surface area (Å²) in [6.07, 6.45) is 2.61. The molecule has 0 unspecified atom stereocenters. The average molecular weight is 286 g/mol. The van der Waals surface area contributed by atoms with Crippen LogP contribution in [0.2, 0.25) is 0 Å². The molecule has 2 rings (SSSR count). The summed E-state index contributed by atoms with van der Waals surface area (Å²) in [5, 5.41) is 10.6. The van der Waals surface area contributed by atoms with E-state index in [0.29, 0.717) is 5.56 Å². The minimum Gasteiger partial charge on any atom is -0.382 e. The lowest BCUT2D eigenvalue weighted by atomic mass is 10.1. The molecule has 0 aliphatic carbocycles. The van der Waals surface area contributed by atoms with Crippen molar-refractivity contribution in [2.75, 3.05) is 10.6 Å². The molecule has 21 heavy (non-hydrogen) atoms. The molecule has 0 aliphatic heterocycles. The number of carbonyl (C=O) groups is 1. The lowest BCUT2D eigenvalue weighted by molar-refractivity contribution is 0.102. The number of benzene rings is 1. The van der Waals surface area contributed by atoms with E-state index in [1.807, 2.05) is 58.3 Å². The molecule has 1 heterocycles. The third kappa shape index (κ3) is 3.62. The fraction of sp³-hybridized carbons (Fsp3) is 0.375. The number of para-hydroxylation sites is 1. The van der Waals surface area contributed by atoms with Gasteiger partial charge in [-0.2, -0.15) is 5.10 Å². The molecule has 2 N–H and O–H groups in total. The summed E-state index contributed by atoms with van der Waals surface area (Å²) in [4.78, 5) is 12.5. The topological polar surface area (TPSA) is 59.0 Å². The zero-order valence-corrected chi connectivity index (χ0v) is 13.0. The highest BCUT2D eigenvalue weighted by atomic mass is 16.1. The number of hydrogen-bond donors (Lipinski definition) is 2. The van der Waals surface area contributed by atoms with E-state index < -0.39 is 0 Å². The molecule has 0 bridgehead atoms. The summed E-state index contributed by atoms with van der Waals surface area (Å²) in [6.45, 7) is 6.11. The van der Waals surface area contributed by atoms with Gasteiger partial charge in [0.1, 0.15) is 0 Å². The van der Waals surface area contributed by atoms with E-state index in [4.69, 9.17) is 0 Å². The quantitative estimate of drug-likeness (QED) is 0.888. The van der Waals surface area contributed by atoms with Crippen LogP contribution < -0.4 is 10.6 Å². The van der Waals surface area contributed by atoms with Gasteiger partial charge in [0.25, 0.3) is 5.91 Å². The monoisotopic (exact) mass is 286 g/mol. The molecule has 0 fully saturated rings. The van der Waals surface area contributed by atoms with Gasteiger partial charge >= 0.3 is 0 Å². The molecular formula is C16H22N4O. The second kappa shape index (κ2) is 6.43. The van der Waals surface area contributed by atoms with E-state index in [1.54, 1.807) is 4.68 Å². The molecule has 1 amide bonds. The molecular weight excluding hydrogens is 264 g/mol. The number of nitrogens with zero attached hydrogens (tertiary/aromatic N) is 2. The van der Waals surface area contributed by atoms with Gasteiger partial charge in [-0.3, -0.25) is 9.48 Å². The Hall–Kier alpha value is -2.30. The standard InChI is InChI=1S/C16H22N4O/c1-5-13-15(10-20(4)19-13)18-16(21)12-8-6-7-9-14(12)17-11(2)3/h6-11,17H,5H2,1-4H3,(H,18,21). The minimum atomic E-state index is -0.124. The maximum absolute atomic E-state index is 12.5. The van der Waals surface area contributed by atoms with Gasteiger partial charge < -0.3 is 10.6 Å². The van der Waals surface area contributed by atoms with Gasteiger partial charge in [-0.25, -0.2) is 0 Å². The summed E-state index contributed by atoms with van der Waals surface area (Å²) in [5.41, 5.74) is 3.13. The highest BCUT2D eigenvalue weighted by Gasteiger charge is 2.14. The SMILES string of the molecule is CCc1nn(C)cc1NC(=O)c1ccccc1NC(C)C. The van der Waals surface area contributed by atoms with Crippen LogP contribution in [0.1, 0.15) is 36.8 Å². The van der Waals surface area contributed by atoms with Gasteiger partial charge in [-0.1, -0.05) is 19.1 Å². The molecule has 0 saturated carbocycles. The van der Waals surface area contributed by atoms with Crippen molar-refractivity contribution in [1.82, 2.24) is 9.78 Å². The predicted octanol–water partition coefficient (Wildman–Crippen LogP) is 3.06. The van der Waals surface area contributed by atoms with Gasteiger partial charge in [-0.05, 0) is 32.4 Å². The van der Waals surface area contributed by atoms with Crippen molar-refractivity contribution in [3.63, 3.8) is 0 Å². The number of aromatic nitrogens is 2. The highest BCUT2D eigenvalue weighted by Crippen LogP contribution is 2.20. The van der Waals surface area contributed by atoms with Gasteiger partial charge in [0.05, 0.1) is 16.9 Å². The first-order valence-corrected chi connectivity index (χ1v) is 7.20. The number of aryl methyl sites for hydroxylation is 2. The summed E-state index contributed by atoms with van der Waals surface area (Å²) in [5.74, 6) is -0.124. The Kier molecular flexibility index (Phi) is 4.62. The Bertz CT molecular complexity index is 631. The highest BCUT2D eigenvalue weighted by molar-refractivity contribution is 6.08. The fourth-order valence-corrected chi connectivity index (χ4v) is 2.21. The third-order valence-electron chi connectivity index (χ3n) is 3.10. The van der Waals surface area contributed by atoms with Crippen LogP contribution in [0.5, 0.6) is 0 Å². The smallest absolute Gasteiger partial charge is 0.257 e. The van der Waals surface area contributed by atoms with Crippen molar-refractivity contribution < 1.29 is 4.79 Å². The van der Waals surface area contributed by atoms with Crippen LogP contribution in [0, 0.1) is 0 Å². The Morgan fingerprint density at radius 1 is 1.29 bits per heavy atom. The molecule has 112 valence electrons. The Morgan fingerprint density at radius 2 is 2.00 bits per heavy atom. The van der Waals surface area contributed by atoms with E-state index in [-0.39, 0.29) is 11.9 Å². The Morgan fingerprint density at radius 3 is 2.67 bits per heavy atom. The molecule has 5 nitrogen and oxygen atoms in total. The number of amides is 1. The number of rotatable bonds is 5. The summed E-state index contributed by atoms with van der Waals surface area (Å²) < 4.78 is 1.71. The lowest BCUT2D eigenvalue weighted by Crippen LogP contribution is -2.18. The van der Waals surface area contributed by atoms with Gasteiger partial charge in [0, 0.05) is 25.0 Å². The zero-order valence-electron chi connectivity index (χ0n) is 13.0. The van der Waals surface area contributed by atoms with Crippen LogP contribution in [-0.4, -0.2) is 21.7 Å². The summed E-state index contributed by atoms with van der Waals surface area (Å²) in [7, 11) is 1.85. The van der Waals surface area contributed by atoms with Crippen LogP contribution in [-0.2, 0) is 13.5 Å². The van der Waals surface area contributed by atoms with Gasteiger partial charge in [0.2, 0.25) is 0 Å². The van der Waals surface area contributed by atoms with Crippen LogP contribution in [0.15, 0.2) is 30.5 Å². The molecule has 1 aromatic heterocycles. The zero-order chi connectivity index (χ0) is 15.4. The van der Waals surface area contributed by atoms with Crippen LogP contribution >= 0.6 is 0 Å². The average Bonchev–Trinajstić information content (AvgIpc) is 2.78. The molecule has 0 aliphatic rings. The first kappa shape index (κ1) is 15.1. The first-order chi connectivity index (χ1) is 10.0. The van der Waals surface area contributed by atoms with Crippen molar-refractivity contribution in [2.24, 2.45) is 7.05 Å². The van der Waals surface area contributed by atoms with Crippen molar-refractivity contribution >= 4 is 17.3 Å². The van der Waals surface area contributed by atoms with E-state index >= 15 is 0 Å². The van der Waals surface area contributed by atoms with E-state index in [1.165, 1.54) is 0 Å². The van der Waals surface area contributed by atoms with Crippen LogP contribution in [0.4, 0.5) is 11.4 Å². The van der Waals surface area contributed by atoms with E-state index in [2.05, 4.69) is 15.7 Å². The van der Waals surface area contributed by atoms with Gasteiger partial charge in [-0.15, -0.1) is 0 Å². The maximum atomic E-state index is 12.5. The second-order valence-corrected chi connectivity index (χ2v) is 5.32. The Balaban J connectivity index is 2.24. The predicted molar refractivity (Wildman–Crippen MR) is 85.7 cm³/mol. The molecule has 0 saturated heterocycles. The van der Waals surface area contributed by atoms with Crippen LogP contribution in [0.3, 0.4) is 0 Å². The molecule has 0 atom stereocenters. The summed E-state index contributed by atoms with van der Waals surface area (Å²) in [6, 6.07) is 7.79. The Labute approximate surface area is 125 Å². The third-order valence-corrected chi connectivity index (χ3v) is 3.10. The number of carbonyl (C=O) groups excluding carboxylic acids is 1. The largest absolute Gasteiger partial charge is 0.382 e. The van der Waals surface area contributed by atoms with E-state index in [9.17, 15) is 4.79 Å².